The number of aromatic hydroxyl groups is 1. The van der Waals surface area contributed by atoms with Gasteiger partial charge in [0.25, 0.3) is 0 Å². The number of rotatable bonds is 19. The molecule has 1 aromatic rings. The van der Waals surface area contributed by atoms with Crippen LogP contribution in [0.3, 0.4) is 0 Å². The summed E-state index contributed by atoms with van der Waals surface area (Å²) >= 11 is 2.00. The fraction of sp³-hybridized carbons (Fsp3) is 0.778. The van der Waals surface area contributed by atoms with Crippen molar-refractivity contribution in [2.75, 3.05) is 5.75 Å². The molecule has 0 amide bonds. The van der Waals surface area contributed by atoms with E-state index in [9.17, 15) is 5.11 Å². The van der Waals surface area contributed by atoms with Crippen molar-refractivity contribution in [3.63, 3.8) is 0 Å². The van der Waals surface area contributed by atoms with Crippen LogP contribution >= 0.6 is 11.8 Å². The van der Waals surface area contributed by atoms with E-state index in [1.807, 2.05) is 11.8 Å². The van der Waals surface area contributed by atoms with Crippen LogP contribution in [0.5, 0.6) is 5.75 Å². The van der Waals surface area contributed by atoms with Crippen molar-refractivity contribution in [2.24, 2.45) is 0 Å². The Morgan fingerprint density at radius 1 is 0.586 bits per heavy atom. The minimum absolute atomic E-state index is 0.596. The van der Waals surface area contributed by atoms with Gasteiger partial charge in [-0.2, -0.15) is 0 Å². The lowest BCUT2D eigenvalue weighted by molar-refractivity contribution is 0.456. The second-order valence-corrected chi connectivity index (χ2v) is 9.85. The summed E-state index contributed by atoms with van der Waals surface area (Å²) in [6, 6.07) is 4.56. The van der Waals surface area contributed by atoms with Crippen molar-refractivity contribution < 1.29 is 5.11 Å². The predicted molar refractivity (Wildman–Crippen MR) is 133 cm³/mol. The molecule has 0 fully saturated rings. The van der Waals surface area contributed by atoms with Gasteiger partial charge in [-0.05, 0) is 61.1 Å². The Morgan fingerprint density at radius 2 is 1.00 bits per heavy atom. The molecule has 0 aliphatic heterocycles. The molecule has 29 heavy (non-hydrogen) atoms. The average molecular weight is 421 g/mol. The molecule has 0 saturated carbocycles. The first-order chi connectivity index (χ1) is 14.2. The van der Waals surface area contributed by atoms with Crippen LogP contribution in [0.25, 0.3) is 0 Å². The maximum Gasteiger partial charge on any atom is 0.122 e. The molecule has 0 aliphatic carbocycles. The molecule has 0 radical (unpaired) electrons. The van der Waals surface area contributed by atoms with Crippen LogP contribution in [0.2, 0.25) is 0 Å². The number of phenolic OH excluding ortho intramolecular Hbond substituents is 1. The van der Waals surface area contributed by atoms with Gasteiger partial charge in [-0.1, -0.05) is 97.8 Å². The third-order valence-corrected chi connectivity index (χ3v) is 6.92. The Bertz CT molecular complexity index is 478. The molecule has 1 N–H and O–H groups in total. The Kier molecular flexibility index (Phi) is 16.5. The highest BCUT2D eigenvalue weighted by Gasteiger charge is 2.11. The van der Waals surface area contributed by atoms with Gasteiger partial charge in [-0.15, -0.1) is 11.8 Å². The smallest absolute Gasteiger partial charge is 0.122 e. The quantitative estimate of drug-likeness (QED) is 0.177. The van der Waals surface area contributed by atoms with Gasteiger partial charge < -0.3 is 5.11 Å². The van der Waals surface area contributed by atoms with Crippen molar-refractivity contribution in [1.29, 1.82) is 0 Å². The molecule has 1 aromatic carbocycles. The lowest BCUT2D eigenvalue weighted by atomic mass is 9.99. The summed E-state index contributed by atoms with van der Waals surface area (Å²) in [5.74, 6) is 1.81. The summed E-state index contributed by atoms with van der Waals surface area (Å²) in [6.07, 6.45) is 21.7. The molecular formula is C27H48OS. The molecule has 0 unspecified atom stereocenters. The van der Waals surface area contributed by atoms with Crippen LogP contribution in [-0.2, 0) is 12.8 Å². The van der Waals surface area contributed by atoms with Gasteiger partial charge >= 0.3 is 0 Å². The molecule has 0 heterocycles. The van der Waals surface area contributed by atoms with E-state index in [0.717, 1.165) is 12.8 Å². The summed E-state index contributed by atoms with van der Waals surface area (Å²) < 4.78 is 0. The fourth-order valence-electron chi connectivity index (χ4n) is 3.93. The maximum absolute atomic E-state index is 10.8. The first-order valence-electron chi connectivity index (χ1n) is 12.7. The van der Waals surface area contributed by atoms with Gasteiger partial charge in [-0.25, -0.2) is 0 Å². The monoisotopic (exact) mass is 420 g/mol. The van der Waals surface area contributed by atoms with Gasteiger partial charge in [0.2, 0.25) is 0 Å². The minimum atomic E-state index is 0.596. The molecule has 0 spiro atoms. The normalized spacial score (nSPS) is 11.3. The highest BCUT2D eigenvalue weighted by molar-refractivity contribution is 7.99. The molecule has 0 saturated heterocycles. The largest absolute Gasteiger partial charge is 0.507 e. The summed E-state index contributed by atoms with van der Waals surface area (Å²) in [5, 5.41) is 10.8. The van der Waals surface area contributed by atoms with Crippen molar-refractivity contribution in [1.82, 2.24) is 0 Å². The Balaban J connectivity index is 2.56. The van der Waals surface area contributed by atoms with E-state index >= 15 is 0 Å². The molecule has 0 aromatic heterocycles. The first-order valence-corrected chi connectivity index (χ1v) is 13.7. The molecular weight excluding hydrogens is 372 g/mol. The summed E-state index contributed by atoms with van der Waals surface area (Å²) in [7, 11) is 0. The molecule has 0 aliphatic rings. The number of thioether (sulfide) groups is 1. The molecule has 1 rings (SSSR count). The van der Waals surface area contributed by atoms with E-state index in [1.165, 1.54) is 118 Å². The Hall–Kier alpha value is -0.630. The number of benzene rings is 1. The van der Waals surface area contributed by atoms with Crippen molar-refractivity contribution in [3.05, 3.63) is 23.3 Å². The molecule has 168 valence electrons. The molecule has 0 atom stereocenters. The number of hydrogen-bond donors (Lipinski definition) is 1. The lowest BCUT2D eigenvalue weighted by Crippen LogP contribution is -1.95. The van der Waals surface area contributed by atoms with E-state index in [4.69, 9.17) is 0 Å². The zero-order chi connectivity index (χ0) is 21.2. The second kappa shape index (κ2) is 18.2. The lowest BCUT2D eigenvalue weighted by Gasteiger charge is -2.13. The number of unbranched alkanes of at least 4 members (excludes halogenated alkanes) is 12. The highest BCUT2D eigenvalue weighted by Crippen LogP contribution is 2.32. The van der Waals surface area contributed by atoms with Crippen LogP contribution in [0, 0.1) is 0 Å². The van der Waals surface area contributed by atoms with Crippen molar-refractivity contribution in [3.8, 4) is 5.75 Å². The second-order valence-electron chi connectivity index (χ2n) is 8.68. The SMILES string of the molecule is CCCCCCCCCSc1cc(CCCCCC)c(O)c(CCCCCC)c1. The zero-order valence-corrected chi connectivity index (χ0v) is 20.6. The number of hydrogen-bond acceptors (Lipinski definition) is 2. The predicted octanol–water partition coefficient (Wildman–Crippen LogP) is 9.48. The van der Waals surface area contributed by atoms with Crippen molar-refractivity contribution in [2.45, 2.75) is 135 Å². The van der Waals surface area contributed by atoms with E-state index in [-0.39, 0.29) is 0 Å². The third kappa shape index (κ3) is 12.6. The third-order valence-electron chi connectivity index (χ3n) is 5.86. The van der Waals surface area contributed by atoms with Gasteiger partial charge in [0.1, 0.15) is 5.75 Å². The summed E-state index contributed by atoms with van der Waals surface area (Å²) in [5.41, 5.74) is 2.38. The van der Waals surface area contributed by atoms with Crippen LogP contribution in [-0.4, -0.2) is 10.9 Å². The minimum Gasteiger partial charge on any atom is -0.507 e. The van der Waals surface area contributed by atoms with Gasteiger partial charge in [0, 0.05) is 4.90 Å². The first kappa shape index (κ1) is 26.4. The van der Waals surface area contributed by atoms with Crippen LogP contribution in [0.15, 0.2) is 17.0 Å². The molecule has 0 bridgehead atoms. The number of phenols is 1. The van der Waals surface area contributed by atoms with Crippen LogP contribution in [0.4, 0.5) is 0 Å². The van der Waals surface area contributed by atoms with E-state index in [0.29, 0.717) is 5.75 Å². The standard InChI is InChI=1S/C27H48OS/c1-4-7-10-13-14-15-18-21-29-26-22-24(19-16-11-8-5-2)27(28)25(23-26)20-17-12-9-6-3/h22-23,28H,4-21H2,1-3H3. The summed E-state index contributed by atoms with van der Waals surface area (Å²) in [4.78, 5) is 1.38. The topological polar surface area (TPSA) is 20.2 Å². The summed E-state index contributed by atoms with van der Waals surface area (Å²) in [6.45, 7) is 6.80. The van der Waals surface area contributed by atoms with E-state index in [1.54, 1.807) is 0 Å². The highest BCUT2D eigenvalue weighted by atomic mass is 32.2. The van der Waals surface area contributed by atoms with Gasteiger partial charge in [-0.3, -0.25) is 0 Å². The maximum atomic E-state index is 10.8. The average Bonchev–Trinajstić information content (AvgIpc) is 2.73. The van der Waals surface area contributed by atoms with Crippen molar-refractivity contribution >= 4 is 11.8 Å². The van der Waals surface area contributed by atoms with Gasteiger partial charge in [0.05, 0.1) is 0 Å². The van der Waals surface area contributed by atoms with Crippen LogP contribution < -0.4 is 0 Å². The Morgan fingerprint density at radius 3 is 1.48 bits per heavy atom. The fourth-order valence-corrected chi connectivity index (χ4v) is 4.96. The molecule has 1 nitrogen and oxygen atoms in total. The Labute approximate surface area is 186 Å². The van der Waals surface area contributed by atoms with E-state index < -0.39 is 0 Å². The number of aryl methyl sites for hydroxylation is 2. The van der Waals surface area contributed by atoms with Gasteiger partial charge in [0.15, 0.2) is 0 Å². The van der Waals surface area contributed by atoms with Crippen LogP contribution in [0.1, 0.15) is 128 Å². The zero-order valence-electron chi connectivity index (χ0n) is 19.7. The molecule has 2 heteroatoms. The van der Waals surface area contributed by atoms with E-state index in [2.05, 4.69) is 32.9 Å².